The molecule has 0 spiro atoms. The summed E-state index contributed by atoms with van der Waals surface area (Å²) in [6.45, 7) is 9.72. The van der Waals surface area contributed by atoms with Crippen molar-refractivity contribution in [2.24, 2.45) is 5.73 Å². The van der Waals surface area contributed by atoms with Crippen LogP contribution in [0.5, 0.6) is 0 Å². The second kappa shape index (κ2) is 8.38. The van der Waals surface area contributed by atoms with Gasteiger partial charge >= 0.3 is 0 Å². The normalized spacial score (nSPS) is 16.1. The minimum atomic E-state index is -0.194. The summed E-state index contributed by atoms with van der Waals surface area (Å²) in [5.74, 6) is -0.194. The van der Waals surface area contributed by atoms with Crippen LogP contribution in [0.1, 0.15) is 58.6 Å². The number of hydrogen-bond acceptors (Lipinski definition) is 2. The molecule has 1 aromatic carbocycles. The van der Waals surface area contributed by atoms with Crippen LogP contribution in [0, 0.1) is 5.82 Å². The first-order valence-electron chi connectivity index (χ1n) is 7.78. The fourth-order valence-electron chi connectivity index (χ4n) is 2.67. The van der Waals surface area contributed by atoms with Crippen LogP contribution in [-0.4, -0.2) is 23.5 Å². The summed E-state index contributed by atoms with van der Waals surface area (Å²) in [4.78, 5) is 2.47. The van der Waals surface area contributed by atoms with Crippen molar-refractivity contribution < 1.29 is 4.39 Å². The van der Waals surface area contributed by atoms with E-state index in [1.54, 1.807) is 0 Å². The molecule has 3 unspecified atom stereocenters. The molecule has 2 N–H and O–H groups in total. The van der Waals surface area contributed by atoms with Crippen LogP contribution in [-0.2, 0) is 0 Å². The number of nitrogens with two attached hydrogens (primary N) is 1. The number of hydrogen-bond donors (Lipinski definition) is 1. The minimum Gasteiger partial charge on any atom is -0.326 e. The van der Waals surface area contributed by atoms with Gasteiger partial charge in [-0.1, -0.05) is 32.4 Å². The van der Waals surface area contributed by atoms with E-state index in [0.29, 0.717) is 6.04 Å². The molecular weight excluding hydrogens is 251 g/mol. The van der Waals surface area contributed by atoms with E-state index in [-0.39, 0.29) is 17.9 Å². The van der Waals surface area contributed by atoms with Crippen molar-refractivity contribution >= 4 is 0 Å². The Morgan fingerprint density at radius 1 is 1.15 bits per heavy atom. The highest BCUT2D eigenvalue weighted by Crippen LogP contribution is 2.27. The smallest absolute Gasteiger partial charge is 0.123 e. The predicted molar refractivity (Wildman–Crippen MR) is 84.2 cm³/mol. The van der Waals surface area contributed by atoms with Gasteiger partial charge in [0.2, 0.25) is 0 Å². The van der Waals surface area contributed by atoms with Crippen LogP contribution in [0.4, 0.5) is 4.39 Å². The van der Waals surface area contributed by atoms with Gasteiger partial charge in [-0.25, -0.2) is 4.39 Å². The van der Waals surface area contributed by atoms with Gasteiger partial charge in [0.05, 0.1) is 0 Å². The fraction of sp³-hybridized carbons (Fsp3) is 0.647. The topological polar surface area (TPSA) is 29.3 Å². The predicted octanol–water partition coefficient (Wildman–Crippen LogP) is 4.11. The molecule has 0 bridgehead atoms. The third-order valence-electron chi connectivity index (χ3n) is 3.99. The summed E-state index contributed by atoms with van der Waals surface area (Å²) < 4.78 is 13.1. The number of unbranched alkanes of at least 4 members (excludes halogenated alkanes) is 1. The number of nitrogens with zero attached hydrogens (tertiary/aromatic N) is 1. The Labute approximate surface area is 123 Å². The fourth-order valence-corrected chi connectivity index (χ4v) is 2.67. The zero-order chi connectivity index (χ0) is 15.1. The molecule has 0 heterocycles. The van der Waals surface area contributed by atoms with Gasteiger partial charge in [0.25, 0.3) is 0 Å². The summed E-state index contributed by atoms with van der Waals surface area (Å²) in [5.41, 5.74) is 7.35. The summed E-state index contributed by atoms with van der Waals surface area (Å²) in [7, 11) is 0. The van der Waals surface area contributed by atoms with Crippen LogP contribution in [0.25, 0.3) is 0 Å². The van der Waals surface area contributed by atoms with Crippen LogP contribution in [0.2, 0.25) is 0 Å². The summed E-state index contributed by atoms with van der Waals surface area (Å²) in [6.07, 6.45) is 3.42. The molecule has 20 heavy (non-hydrogen) atoms. The maximum Gasteiger partial charge on any atom is 0.123 e. The minimum absolute atomic E-state index is 0.0197. The SMILES string of the molecule is CCCCN(C(C)CC)C(c1ccc(F)cc1)C(C)N. The van der Waals surface area contributed by atoms with Gasteiger partial charge in [0, 0.05) is 18.1 Å². The highest BCUT2D eigenvalue weighted by atomic mass is 19.1. The molecule has 0 aliphatic rings. The second-order valence-electron chi connectivity index (χ2n) is 5.70. The first kappa shape index (κ1) is 17.1. The molecule has 0 amide bonds. The van der Waals surface area contributed by atoms with Crippen LogP contribution in [0.3, 0.4) is 0 Å². The number of benzene rings is 1. The van der Waals surface area contributed by atoms with E-state index in [4.69, 9.17) is 5.73 Å². The third kappa shape index (κ3) is 4.57. The van der Waals surface area contributed by atoms with Crippen LogP contribution < -0.4 is 5.73 Å². The van der Waals surface area contributed by atoms with Crippen LogP contribution >= 0.6 is 0 Å². The van der Waals surface area contributed by atoms with Gasteiger partial charge < -0.3 is 5.73 Å². The van der Waals surface area contributed by atoms with Crippen molar-refractivity contribution in [1.29, 1.82) is 0 Å². The molecule has 1 rings (SSSR count). The third-order valence-corrected chi connectivity index (χ3v) is 3.99. The molecule has 3 heteroatoms. The zero-order valence-electron chi connectivity index (χ0n) is 13.3. The van der Waals surface area contributed by atoms with Crippen molar-refractivity contribution in [1.82, 2.24) is 4.90 Å². The maximum atomic E-state index is 13.1. The molecule has 1 aromatic rings. The lowest BCUT2D eigenvalue weighted by atomic mass is 9.96. The zero-order valence-corrected chi connectivity index (χ0v) is 13.3. The highest BCUT2D eigenvalue weighted by molar-refractivity contribution is 5.21. The van der Waals surface area contributed by atoms with E-state index in [2.05, 4.69) is 25.7 Å². The number of halogens is 1. The molecule has 0 radical (unpaired) electrons. The quantitative estimate of drug-likeness (QED) is 0.776. The van der Waals surface area contributed by atoms with Gasteiger partial charge in [0.1, 0.15) is 5.82 Å². The molecule has 0 aromatic heterocycles. The highest BCUT2D eigenvalue weighted by Gasteiger charge is 2.26. The summed E-state index contributed by atoms with van der Waals surface area (Å²) in [6, 6.07) is 7.43. The molecule has 0 saturated carbocycles. The Morgan fingerprint density at radius 2 is 1.75 bits per heavy atom. The Morgan fingerprint density at radius 3 is 2.20 bits per heavy atom. The Bertz CT molecular complexity index is 375. The molecule has 2 nitrogen and oxygen atoms in total. The average Bonchev–Trinajstić information content (AvgIpc) is 2.43. The standard InChI is InChI=1S/C17H29FN2/c1-5-7-12-20(13(3)6-2)17(14(4)19)15-8-10-16(18)11-9-15/h8-11,13-14,17H,5-7,12,19H2,1-4H3. The number of rotatable bonds is 8. The van der Waals surface area contributed by atoms with E-state index in [0.717, 1.165) is 24.9 Å². The molecule has 0 aliphatic heterocycles. The molecule has 0 aliphatic carbocycles. The Balaban J connectivity index is 3.03. The molecule has 0 fully saturated rings. The van der Waals surface area contributed by atoms with Crippen molar-refractivity contribution in [2.75, 3.05) is 6.54 Å². The summed E-state index contributed by atoms with van der Waals surface area (Å²) >= 11 is 0. The van der Waals surface area contributed by atoms with Gasteiger partial charge in [0.15, 0.2) is 0 Å². The van der Waals surface area contributed by atoms with Crippen LogP contribution in [0.15, 0.2) is 24.3 Å². The van der Waals surface area contributed by atoms with E-state index in [1.165, 1.54) is 18.6 Å². The lowest BCUT2D eigenvalue weighted by Crippen LogP contribution is -2.44. The van der Waals surface area contributed by atoms with E-state index >= 15 is 0 Å². The van der Waals surface area contributed by atoms with E-state index < -0.39 is 0 Å². The van der Waals surface area contributed by atoms with Gasteiger partial charge in [-0.05, 0) is 50.9 Å². The second-order valence-corrected chi connectivity index (χ2v) is 5.70. The van der Waals surface area contributed by atoms with Crippen molar-refractivity contribution in [2.45, 2.75) is 65.1 Å². The lowest BCUT2D eigenvalue weighted by molar-refractivity contribution is 0.121. The summed E-state index contributed by atoms with van der Waals surface area (Å²) in [5, 5.41) is 0. The molecule has 3 atom stereocenters. The Kier molecular flexibility index (Phi) is 7.17. The van der Waals surface area contributed by atoms with Gasteiger partial charge in [-0.2, -0.15) is 0 Å². The van der Waals surface area contributed by atoms with E-state index in [9.17, 15) is 4.39 Å². The van der Waals surface area contributed by atoms with Gasteiger partial charge in [-0.15, -0.1) is 0 Å². The molecular formula is C17H29FN2. The Hall–Kier alpha value is -0.930. The van der Waals surface area contributed by atoms with Crippen molar-refractivity contribution in [3.63, 3.8) is 0 Å². The van der Waals surface area contributed by atoms with Gasteiger partial charge in [-0.3, -0.25) is 4.90 Å². The monoisotopic (exact) mass is 280 g/mol. The average molecular weight is 280 g/mol. The van der Waals surface area contributed by atoms with Crippen molar-refractivity contribution in [3.8, 4) is 0 Å². The molecule has 0 saturated heterocycles. The maximum absolute atomic E-state index is 13.1. The lowest BCUT2D eigenvalue weighted by Gasteiger charge is -2.38. The van der Waals surface area contributed by atoms with Crippen molar-refractivity contribution in [3.05, 3.63) is 35.6 Å². The largest absolute Gasteiger partial charge is 0.326 e. The first-order chi connectivity index (χ1) is 9.51. The molecule has 114 valence electrons. The van der Waals surface area contributed by atoms with E-state index in [1.807, 2.05) is 19.1 Å². The first-order valence-corrected chi connectivity index (χ1v) is 7.78.